The largest absolute Gasteiger partial charge is 0.512 e. The third kappa shape index (κ3) is 11.5. The van der Waals surface area contributed by atoms with Crippen molar-refractivity contribution in [3.05, 3.63) is 125 Å². The van der Waals surface area contributed by atoms with Crippen molar-refractivity contribution in [2.45, 2.75) is 79.3 Å². The van der Waals surface area contributed by atoms with E-state index in [-0.39, 0.29) is 92.4 Å². The Kier molecular flexibility index (Phi) is 15.1. The summed E-state index contributed by atoms with van der Waals surface area (Å²) in [5.41, 5.74) is -10.0. The molecule has 0 aromatic heterocycles. The molecule has 0 bridgehead atoms. The number of fused-ring (bicyclic) bond motifs is 2. The van der Waals surface area contributed by atoms with E-state index in [1.807, 2.05) is 0 Å². The van der Waals surface area contributed by atoms with Crippen LogP contribution in [0.15, 0.2) is 121 Å². The second-order valence-corrected chi connectivity index (χ2v) is 26.4. The molecule has 2 aliphatic heterocycles. The number of piperidine rings is 1. The maximum Gasteiger partial charge on any atom is 0.512 e. The summed E-state index contributed by atoms with van der Waals surface area (Å²) < 4.78 is 222. The number of carbonyl (C=O) groups excluding carboxylic acids is 1. The first-order valence-electron chi connectivity index (χ1n) is 21.7. The zero-order chi connectivity index (χ0) is 55.6. The number of aryl methyl sites for hydroxylation is 3. The number of benzene rings is 5. The number of carbonyl (C=O) groups is 1. The number of nitrogens with zero attached hydrogens (tertiary/aromatic N) is 2. The van der Waals surface area contributed by atoms with Crippen LogP contribution in [-0.4, -0.2) is 82.6 Å². The van der Waals surface area contributed by atoms with Crippen LogP contribution in [-0.2, 0) is 59.6 Å². The molecule has 3 N–H and O–H groups in total. The van der Waals surface area contributed by atoms with Gasteiger partial charge in [-0.15, -0.1) is 0 Å². The predicted octanol–water partition coefficient (Wildman–Crippen LogP) is 7.94. The molecule has 4 aromatic rings. The average molecular weight is 1150 g/mol. The lowest BCUT2D eigenvalue weighted by Gasteiger charge is -2.31. The fourth-order valence-corrected chi connectivity index (χ4v) is 15.0. The second-order valence-electron chi connectivity index (χ2n) is 17.2. The summed E-state index contributed by atoms with van der Waals surface area (Å²) in [6, 6.07) is 19.1. The maximum absolute atomic E-state index is 14.7. The molecule has 2 heterocycles. The first kappa shape index (κ1) is 56.5. The fraction of sp³-hybridized carbons (Fsp3) is 0.261. The van der Waals surface area contributed by atoms with E-state index in [0.29, 0.717) is 30.3 Å². The molecule has 0 atom stereocenters. The normalized spacial score (nSPS) is 15.1. The molecule has 3 aliphatic rings. The number of rotatable bonds is 14. The van der Waals surface area contributed by atoms with E-state index in [4.69, 9.17) is 9.15 Å². The molecule has 1 fully saturated rings. The van der Waals surface area contributed by atoms with E-state index in [9.17, 15) is 73.2 Å². The van der Waals surface area contributed by atoms with Crippen LogP contribution in [0.5, 0.6) is 0 Å². The molecule has 75 heavy (non-hydrogen) atoms. The highest BCUT2D eigenvalue weighted by atomic mass is 32.3. The van der Waals surface area contributed by atoms with Crippen molar-refractivity contribution < 1.29 is 82.4 Å². The number of ether oxygens (including phenoxy) is 1. The summed E-state index contributed by atoms with van der Waals surface area (Å²) in [5.74, 6) is -0.566. The lowest BCUT2D eigenvalue weighted by atomic mass is 9.93. The number of hydrogen-bond acceptors (Lipinski definition) is 15. The van der Waals surface area contributed by atoms with Crippen LogP contribution in [0, 0.1) is 27.7 Å². The number of hydrogen-bond donors (Lipinski definition) is 3. The zero-order valence-corrected chi connectivity index (χ0v) is 43.8. The standard InChI is InChI=1S/C46H43F6N5O13S5/c1-25(2)44(58)69-32-17-19-57(20-18-32)73(63,64)40-10-8-7-9-36(40)41-34-14-12-30(53-42-27(4)21-33(22-28(42)5)71(59,60)55-74(65,66)45(47,48)49)23-37(34)70-38-24-31(13-15-35(38)41)54-43-26(3)11-16-39(29(43)6)72(61,62)56-75(67,68)46(50,51)52/h7-16,21-24,32,53,55-56H,1,17-20H2,2-6H3/b54-31+. The number of alkyl halides is 6. The van der Waals surface area contributed by atoms with Crippen molar-refractivity contribution in [2.24, 2.45) is 4.99 Å². The lowest BCUT2D eigenvalue weighted by molar-refractivity contribution is -0.145. The second kappa shape index (κ2) is 20.1. The van der Waals surface area contributed by atoms with Crippen molar-refractivity contribution in [2.75, 3.05) is 18.4 Å². The van der Waals surface area contributed by atoms with Crippen molar-refractivity contribution in [3.63, 3.8) is 0 Å². The molecule has 0 radical (unpaired) electrons. The Bertz CT molecular complexity index is 3950. The molecule has 0 saturated carbocycles. The van der Waals surface area contributed by atoms with Crippen LogP contribution in [0.1, 0.15) is 42.0 Å². The molecule has 7 rings (SSSR count). The van der Waals surface area contributed by atoms with E-state index in [0.717, 1.165) is 18.2 Å². The summed E-state index contributed by atoms with van der Waals surface area (Å²) in [6.07, 6.45) is -0.200. The van der Waals surface area contributed by atoms with Gasteiger partial charge in [0, 0.05) is 64.2 Å². The van der Waals surface area contributed by atoms with Gasteiger partial charge in [-0.3, -0.25) is 0 Å². The van der Waals surface area contributed by atoms with Crippen LogP contribution in [0.3, 0.4) is 0 Å². The molecule has 18 nitrogen and oxygen atoms in total. The van der Waals surface area contributed by atoms with Gasteiger partial charge in [-0.25, -0.2) is 51.9 Å². The van der Waals surface area contributed by atoms with Crippen molar-refractivity contribution in [1.29, 1.82) is 0 Å². The van der Waals surface area contributed by atoms with Gasteiger partial charge in [-0.05, 0) is 118 Å². The third-order valence-electron chi connectivity index (χ3n) is 11.8. The number of halogens is 6. The highest BCUT2D eigenvalue weighted by Gasteiger charge is 2.50. The Labute approximate surface area is 426 Å². The molecular weight excluding hydrogens is 1100 g/mol. The number of esters is 1. The van der Waals surface area contributed by atoms with Crippen molar-refractivity contribution in [1.82, 2.24) is 12.6 Å². The zero-order valence-electron chi connectivity index (χ0n) is 39.7. The van der Waals surface area contributed by atoms with Crippen LogP contribution < -0.4 is 18.9 Å². The highest BCUT2D eigenvalue weighted by Crippen LogP contribution is 2.44. The molecule has 1 saturated heterocycles. The van der Waals surface area contributed by atoms with Crippen LogP contribution >= 0.6 is 0 Å². The minimum atomic E-state index is -6.36. The number of sulfonamides is 5. The van der Waals surface area contributed by atoms with Crippen LogP contribution in [0.4, 0.5) is 43.4 Å². The van der Waals surface area contributed by atoms with Gasteiger partial charge in [-0.1, -0.05) is 39.1 Å². The summed E-state index contributed by atoms with van der Waals surface area (Å²) in [6.45, 7) is 10.6. The lowest BCUT2D eigenvalue weighted by Crippen LogP contribution is -2.41. The van der Waals surface area contributed by atoms with Gasteiger partial charge in [0.05, 0.1) is 25.7 Å². The topological polar surface area (TPSA) is 262 Å². The first-order valence-corrected chi connectivity index (χ1v) is 29.1. The van der Waals surface area contributed by atoms with E-state index >= 15 is 0 Å². The molecule has 402 valence electrons. The Hall–Kier alpha value is -6.21. The average Bonchev–Trinajstić information content (AvgIpc) is 3.29. The fourth-order valence-electron chi connectivity index (χ4n) is 8.10. The summed E-state index contributed by atoms with van der Waals surface area (Å²) in [5, 5.41) is 3.51. The molecule has 29 heteroatoms. The van der Waals surface area contributed by atoms with E-state index in [1.54, 1.807) is 24.3 Å². The first-order chi connectivity index (χ1) is 34.5. The number of nitrogens with one attached hydrogen (secondary N) is 3. The van der Waals surface area contributed by atoms with Gasteiger partial charge in [0.1, 0.15) is 17.4 Å². The minimum Gasteiger partial charge on any atom is -0.459 e. The quantitative estimate of drug-likeness (QED) is 0.0405. The van der Waals surface area contributed by atoms with Gasteiger partial charge in [0.25, 0.3) is 20.0 Å². The summed E-state index contributed by atoms with van der Waals surface area (Å²) in [4.78, 5) is 15.1. The SMILES string of the molecule is C=C(C)C(=O)OC1CCN(S(=O)(=O)c2ccccc2-c2c3cc/c(=N\c4c(C)ccc(S(=O)(=O)NS(=O)(=O)C(F)(F)F)c4C)cc-3oc3cc(Nc4c(C)cc(S(=O)(=O)NS(=O)(=O)C(F)(F)F)cc4C)ccc23)CC1. The van der Waals surface area contributed by atoms with E-state index < -0.39 is 83.0 Å². The molecular formula is C46H43F6N5O13S5. The van der Waals surface area contributed by atoms with Gasteiger partial charge in [-0.2, -0.15) is 30.6 Å². The molecule has 0 unspecified atom stereocenters. The molecule has 0 spiro atoms. The van der Waals surface area contributed by atoms with Crippen molar-refractivity contribution in [3.8, 4) is 22.5 Å². The Balaban J connectivity index is 1.38. The van der Waals surface area contributed by atoms with Gasteiger partial charge in [0.2, 0.25) is 10.0 Å². The highest BCUT2D eigenvalue weighted by molar-refractivity contribution is 8.05. The Morgan fingerprint density at radius 1 is 0.707 bits per heavy atom. The Morgan fingerprint density at radius 2 is 1.29 bits per heavy atom. The van der Waals surface area contributed by atoms with Gasteiger partial charge < -0.3 is 14.5 Å². The summed E-state index contributed by atoms with van der Waals surface area (Å²) in [7, 11) is -27.6. The van der Waals surface area contributed by atoms with Crippen LogP contribution in [0.2, 0.25) is 0 Å². The molecule has 4 aromatic carbocycles. The monoisotopic (exact) mass is 1150 g/mol. The van der Waals surface area contributed by atoms with E-state index in [2.05, 4.69) is 16.9 Å². The van der Waals surface area contributed by atoms with Gasteiger partial charge in [0.15, 0.2) is 0 Å². The van der Waals surface area contributed by atoms with Crippen molar-refractivity contribution >= 4 is 84.1 Å². The van der Waals surface area contributed by atoms with E-state index in [1.165, 1.54) is 81.4 Å². The number of anilines is 2. The Morgan fingerprint density at radius 3 is 1.88 bits per heavy atom. The maximum atomic E-state index is 14.7. The summed E-state index contributed by atoms with van der Waals surface area (Å²) >= 11 is 0. The molecule has 0 amide bonds. The minimum absolute atomic E-state index is 0.0131. The van der Waals surface area contributed by atoms with Gasteiger partial charge >= 0.3 is 37.0 Å². The predicted molar refractivity (Wildman–Crippen MR) is 262 cm³/mol. The third-order valence-corrected chi connectivity index (χ3v) is 20.3. The van der Waals surface area contributed by atoms with Crippen LogP contribution in [0.25, 0.3) is 33.4 Å². The smallest absolute Gasteiger partial charge is 0.459 e. The molecule has 1 aliphatic carbocycles.